The minimum Gasteiger partial charge on any atom is -0.338 e. The van der Waals surface area contributed by atoms with E-state index in [-0.39, 0.29) is 69.6 Å². The van der Waals surface area contributed by atoms with Crippen molar-refractivity contribution < 1.29 is 37.1 Å². The molecule has 0 unspecified atom stereocenters. The van der Waals surface area contributed by atoms with E-state index in [0.29, 0.717) is 0 Å². The zero-order valence-corrected chi connectivity index (χ0v) is 29.8. The van der Waals surface area contributed by atoms with Crippen molar-refractivity contribution in [2.24, 2.45) is 32.5 Å². The van der Waals surface area contributed by atoms with Crippen LogP contribution in [0.2, 0.25) is 0 Å². The van der Waals surface area contributed by atoms with Gasteiger partial charge in [0.1, 0.15) is 0 Å². The van der Waals surface area contributed by atoms with Crippen molar-refractivity contribution in [1.29, 1.82) is 10.8 Å². The molecule has 0 aromatic carbocycles. The molecule has 0 saturated carbocycles. The molecule has 4 heteroatoms. The fraction of sp³-hybridized carbons (Fsp3) is 0.800. The van der Waals surface area contributed by atoms with Gasteiger partial charge in [0.05, 0.1) is 0 Å². The van der Waals surface area contributed by atoms with Gasteiger partial charge in [-0.1, -0.05) is 125 Å². The van der Waals surface area contributed by atoms with E-state index in [0.717, 1.165) is 0 Å². The van der Waals surface area contributed by atoms with E-state index in [1.807, 2.05) is 0 Å². The second kappa shape index (κ2) is 26.6. The molecule has 0 aliphatic rings. The summed E-state index contributed by atoms with van der Waals surface area (Å²) in [7, 11) is 0. The van der Waals surface area contributed by atoms with Crippen LogP contribution in [0.4, 0.5) is 0 Å². The van der Waals surface area contributed by atoms with Crippen LogP contribution in [0.1, 0.15) is 125 Å². The Labute approximate surface area is 245 Å². The molecule has 0 atom stereocenters. The molecule has 0 fully saturated rings. The molecule has 0 heterocycles. The van der Waals surface area contributed by atoms with Gasteiger partial charge in [0, 0.05) is 47.9 Å². The average Bonchev–Trinajstić information content (AvgIpc) is 2.14. The second-order valence-corrected chi connectivity index (χ2v) is 15.4. The summed E-state index contributed by atoms with van der Waals surface area (Å²) in [5, 5.41) is 12.0. The maximum Gasteiger partial charge on any atom is 0 e. The maximum atomic E-state index is 6.00. The Morgan fingerprint density at radius 3 is 0.265 bits per heavy atom. The molecule has 0 aliphatic heterocycles. The predicted octanol–water partition coefficient (Wildman–Crippen LogP) is 11.2. The number of nitrogens with zero attached hydrogens (tertiary/aromatic N) is 2. The van der Waals surface area contributed by atoms with Crippen molar-refractivity contribution in [2.45, 2.75) is 125 Å². The van der Waals surface area contributed by atoms with Crippen LogP contribution in [0.5, 0.6) is 0 Å². The zero-order valence-electron chi connectivity index (χ0n) is 27.0. The first-order chi connectivity index (χ1) is 13.0. The van der Waals surface area contributed by atoms with Crippen LogP contribution in [0.15, 0.2) is 0 Å². The molecule has 0 spiro atoms. The van der Waals surface area contributed by atoms with Gasteiger partial charge in [-0.3, -0.25) is 0 Å². The van der Waals surface area contributed by atoms with Crippen molar-refractivity contribution in [1.82, 2.24) is 0 Å². The number of hydrogen-bond acceptors (Lipinski definition) is 2. The van der Waals surface area contributed by atoms with Gasteiger partial charge in [-0.05, 0) is 0 Å². The molecule has 0 aromatic rings. The molecule has 0 bridgehead atoms. The molecule has 0 amide bonds. The van der Waals surface area contributed by atoms with Gasteiger partial charge in [0.15, 0.2) is 0 Å². The van der Waals surface area contributed by atoms with E-state index in [1.54, 1.807) is 0 Å². The van der Waals surface area contributed by atoms with Gasteiger partial charge in [-0.2, -0.15) is 32.5 Å². The Morgan fingerprint density at radius 1 is 0.265 bits per heavy atom. The smallest absolute Gasteiger partial charge is 0 e. The summed E-state index contributed by atoms with van der Waals surface area (Å²) in [6.07, 6.45) is 0. The van der Waals surface area contributed by atoms with E-state index in [1.165, 1.54) is 0 Å². The number of hydrogen-bond donors (Lipinski definition) is 0. The molecule has 0 aromatic heterocycles. The van der Waals surface area contributed by atoms with Gasteiger partial charge in [-0.25, -0.2) is 0 Å². The Morgan fingerprint density at radius 2 is 0.265 bits per heavy atom. The molecule has 0 aliphatic carbocycles. The second-order valence-electron chi connectivity index (χ2n) is 15.4. The minimum atomic E-state index is 0. The van der Waals surface area contributed by atoms with Crippen molar-refractivity contribution in [3.8, 4) is 0 Å². The van der Waals surface area contributed by atoms with Gasteiger partial charge in [0.25, 0.3) is 0 Å². The molecular formula is C30H66N2V2-6. The van der Waals surface area contributed by atoms with Gasteiger partial charge >= 0.3 is 0 Å². The summed E-state index contributed by atoms with van der Waals surface area (Å²) >= 11 is 0. The van der Waals surface area contributed by atoms with Gasteiger partial charge in [-0.15, -0.1) is 0 Å². The van der Waals surface area contributed by atoms with Crippen LogP contribution in [0.3, 0.4) is 0 Å². The molecular weight excluding hydrogens is 490 g/mol. The summed E-state index contributed by atoms with van der Waals surface area (Å²) < 4.78 is 0. The molecule has 0 saturated heterocycles. The minimum absolute atomic E-state index is 0. The van der Waals surface area contributed by atoms with Crippen LogP contribution in [-0.4, -0.2) is 0 Å². The Kier molecular flexibility index (Phi) is 46.7. The maximum absolute atomic E-state index is 6.00. The summed E-state index contributed by atoms with van der Waals surface area (Å²) in [5.41, 5.74) is 1.50. The van der Waals surface area contributed by atoms with Crippen LogP contribution < -0.4 is 0 Å². The van der Waals surface area contributed by atoms with E-state index >= 15 is 0 Å². The third kappa shape index (κ3) is 93800. The van der Waals surface area contributed by atoms with Crippen LogP contribution in [-0.2, 0) is 37.1 Å². The Bertz CT molecular complexity index is 243. The average molecular weight is 557 g/mol. The molecule has 0 rings (SSSR count). The molecule has 2 nitrogen and oxygen atoms in total. The van der Waals surface area contributed by atoms with Crippen LogP contribution in [0, 0.1) is 84.8 Å². The standard InChI is InChI=1S/6C5H11.N2.2V/c6*1-5(2,3)4;1-2;;/h6*1H2,2-4H3;;;/q6*-1;;;. The van der Waals surface area contributed by atoms with E-state index < -0.39 is 0 Å². The normalized spacial score (nSPS) is 10.6. The topological polar surface area (TPSA) is 47.6 Å². The first-order valence-electron chi connectivity index (χ1n) is 11.3. The largest absolute Gasteiger partial charge is 0.338 e. The van der Waals surface area contributed by atoms with Gasteiger partial charge in [0.2, 0.25) is 0 Å². The fourth-order valence-corrected chi connectivity index (χ4v) is 0. The molecule has 34 heavy (non-hydrogen) atoms. The molecule has 212 valence electrons. The van der Waals surface area contributed by atoms with Crippen molar-refractivity contribution in [3.63, 3.8) is 0 Å². The third-order valence-electron chi connectivity index (χ3n) is 0. The van der Waals surface area contributed by atoms with Crippen molar-refractivity contribution in [2.75, 3.05) is 0 Å². The fourth-order valence-electron chi connectivity index (χ4n) is 0. The summed E-state index contributed by atoms with van der Waals surface area (Å²) in [6, 6.07) is 0. The summed E-state index contributed by atoms with van der Waals surface area (Å²) in [6.45, 7) is 60.0. The van der Waals surface area contributed by atoms with Crippen molar-refractivity contribution in [3.05, 3.63) is 41.5 Å². The third-order valence-corrected chi connectivity index (χ3v) is 0. The Balaban J connectivity index is -0.0000000307. The molecule has 2 radical (unpaired) electrons. The van der Waals surface area contributed by atoms with Gasteiger partial charge < -0.3 is 41.5 Å². The quantitative estimate of drug-likeness (QED) is 0.220. The van der Waals surface area contributed by atoms with E-state index in [9.17, 15) is 0 Å². The summed E-state index contributed by atoms with van der Waals surface area (Å²) in [5.74, 6) is 0. The predicted molar refractivity (Wildman–Crippen MR) is 152 cm³/mol. The zero-order chi connectivity index (χ0) is 29.0. The Hall–Kier alpha value is 0.589. The van der Waals surface area contributed by atoms with Crippen LogP contribution >= 0.6 is 0 Å². The first kappa shape index (κ1) is 59.6. The summed E-state index contributed by atoms with van der Waals surface area (Å²) in [4.78, 5) is 0. The first-order valence-corrected chi connectivity index (χ1v) is 11.3. The molecule has 0 N–H and O–H groups in total. The number of rotatable bonds is 0. The van der Waals surface area contributed by atoms with Crippen LogP contribution in [0.25, 0.3) is 0 Å². The monoisotopic (exact) mass is 556 g/mol. The van der Waals surface area contributed by atoms with E-state index in [4.69, 9.17) is 10.8 Å². The van der Waals surface area contributed by atoms with E-state index in [2.05, 4.69) is 166 Å². The SMILES string of the molecule is N#N.[CH2-]C(C)(C)C.[CH2-]C(C)(C)C.[CH2-]C(C)(C)C.[CH2-]C(C)(C)C.[CH2-]C(C)(C)C.[CH2-]C(C)(C)C.[V].[V]. The van der Waals surface area contributed by atoms with Crippen molar-refractivity contribution >= 4 is 0 Å².